The fourth-order valence-electron chi connectivity index (χ4n) is 5.13. The molecule has 0 aliphatic heterocycles. The van der Waals surface area contributed by atoms with E-state index in [1.165, 1.54) is 0 Å². The zero-order chi connectivity index (χ0) is 24.8. The Morgan fingerprint density at radius 3 is 2.34 bits per heavy atom. The molecular weight excluding hydrogens is 464 g/mol. The first-order chi connectivity index (χ1) is 17.0. The molecule has 1 fully saturated rings. The van der Waals surface area contributed by atoms with Gasteiger partial charge in [0.2, 0.25) is 5.91 Å². The molecule has 0 aromatic heterocycles. The van der Waals surface area contributed by atoms with Crippen LogP contribution in [0.1, 0.15) is 49.1 Å². The van der Waals surface area contributed by atoms with E-state index in [1.54, 1.807) is 11.8 Å². The van der Waals surface area contributed by atoms with Gasteiger partial charge in [-0.15, -0.1) is 0 Å². The molecule has 0 bridgehead atoms. The Morgan fingerprint density at radius 2 is 1.71 bits per heavy atom. The lowest BCUT2D eigenvalue weighted by Crippen LogP contribution is -2.51. The Hall–Kier alpha value is -3.00. The first-order valence-corrected chi connectivity index (χ1v) is 13.5. The molecule has 0 unspecified atom stereocenters. The van der Waals surface area contributed by atoms with Crippen LogP contribution in [0.4, 0.5) is 4.79 Å². The SMILES string of the molecule is CSCC[C@@H](NC(=O)OCC1c2ccccc2-c2ccccc21)C(=O)N[C@@H]1CCC[C@H](C(=O)O)C1. The summed E-state index contributed by atoms with van der Waals surface area (Å²) in [5, 5.41) is 15.0. The van der Waals surface area contributed by atoms with Crippen LogP contribution in [0.5, 0.6) is 0 Å². The molecule has 3 N–H and O–H groups in total. The number of rotatable bonds is 9. The van der Waals surface area contributed by atoms with Crippen molar-refractivity contribution in [1.82, 2.24) is 10.6 Å². The van der Waals surface area contributed by atoms with Crippen molar-refractivity contribution in [3.05, 3.63) is 59.7 Å². The monoisotopic (exact) mass is 496 g/mol. The number of aliphatic carboxylic acids is 1. The quantitative estimate of drug-likeness (QED) is 0.475. The highest BCUT2D eigenvalue weighted by Gasteiger charge is 2.32. The van der Waals surface area contributed by atoms with E-state index in [0.29, 0.717) is 25.0 Å². The van der Waals surface area contributed by atoms with Crippen LogP contribution < -0.4 is 10.6 Å². The van der Waals surface area contributed by atoms with Gasteiger partial charge in [0.1, 0.15) is 12.6 Å². The lowest BCUT2D eigenvalue weighted by atomic mass is 9.85. The number of hydrogen-bond acceptors (Lipinski definition) is 5. The number of ether oxygens (including phenoxy) is 1. The first-order valence-electron chi connectivity index (χ1n) is 12.1. The number of hydrogen-bond donors (Lipinski definition) is 3. The Labute approximate surface area is 210 Å². The summed E-state index contributed by atoms with van der Waals surface area (Å²) in [4.78, 5) is 37.1. The summed E-state index contributed by atoms with van der Waals surface area (Å²) < 4.78 is 5.62. The molecule has 0 heterocycles. The van der Waals surface area contributed by atoms with Crippen LogP contribution in [-0.2, 0) is 14.3 Å². The largest absolute Gasteiger partial charge is 0.481 e. The van der Waals surface area contributed by atoms with E-state index in [1.807, 2.05) is 30.5 Å². The van der Waals surface area contributed by atoms with Gasteiger partial charge in [-0.1, -0.05) is 55.0 Å². The molecule has 35 heavy (non-hydrogen) atoms. The molecule has 2 amide bonds. The zero-order valence-electron chi connectivity index (χ0n) is 19.9. The highest BCUT2D eigenvalue weighted by Crippen LogP contribution is 2.44. The minimum Gasteiger partial charge on any atom is -0.481 e. The fraction of sp³-hybridized carbons (Fsp3) is 0.444. The van der Waals surface area contributed by atoms with Gasteiger partial charge in [0, 0.05) is 12.0 Å². The van der Waals surface area contributed by atoms with Gasteiger partial charge in [-0.2, -0.15) is 11.8 Å². The number of nitrogens with one attached hydrogen (secondary N) is 2. The van der Waals surface area contributed by atoms with E-state index >= 15 is 0 Å². The predicted molar refractivity (Wildman–Crippen MR) is 137 cm³/mol. The highest BCUT2D eigenvalue weighted by molar-refractivity contribution is 7.98. The van der Waals surface area contributed by atoms with Gasteiger partial charge in [-0.25, -0.2) is 4.79 Å². The van der Waals surface area contributed by atoms with Gasteiger partial charge >= 0.3 is 12.1 Å². The van der Waals surface area contributed by atoms with E-state index in [-0.39, 0.29) is 24.5 Å². The molecule has 3 atom stereocenters. The van der Waals surface area contributed by atoms with Crippen LogP contribution in [-0.4, -0.2) is 53.8 Å². The summed E-state index contributed by atoms with van der Waals surface area (Å²) in [5.41, 5.74) is 4.56. The molecule has 186 valence electrons. The number of alkyl carbamates (subject to hydrolysis) is 1. The third kappa shape index (κ3) is 5.99. The molecule has 2 aromatic rings. The number of fused-ring (bicyclic) bond motifs is 3. The van der Waals surface area contributed by atoms with Crippen molar-refractivity contribution < 1.29 is 24.2 Å². The molecule has 7 nitrogen and oxygen atoms in total. The van der Waals surface area contributed by atoms with Gasteiger partial charge in [0.25, 0.3) is 0 Å². The van der Waals surface area contributed by atoms with Crippen LogP contribution in [0.2, 0.25) is 0 Å². The molecule has 0 spiro atoms. The second-order valence-corrected chi connectivity index (χ2v) is 10.2. The van der Waals surface area contributed by atoms with Crippen molar-refractivity contribution in [2.24, 2.45) is 5.92 Å². The summed E-state index contributed by atoms with van der Waals surface area (Å²) in [5.74, 6) is -0.900. The molecule has 2 aliphatic rings. The molecule has 2 aliphatic carbocycles. The van der Waals surface area contributed by atoms with E-state index in [0.717, 1.165) is 35.1 Å². The van der Waals surface area contributed by atoms with Crippen LogP contribution in [0, 0.1) is 5.92 Å². The Balaban J connectivity index is 1.36. The molecule has 0 saturated heterocycles. The summed E-state index contributed by atoms with van der Waals surface area (Å²) >= 11 is 1.59. The lowest BCUT2D eigenvalue weighted by molar-refractivity contribution is -0.143. The number of carbonyl (C=O) groups is 3. The summed E-state index contributed by atoms with van der Waals surface area (Å²) in [6, 6.07) is 15.3. The number of benzene rings is 2. The van der Waals surface area contributed by atoms with Gasteiger partial charge in [-0.3, -0.25) is 9.59 Å². The standard InChI is InChI=1S/C27H32N2O5S/c1-35-14-13-24(25(30)28-18-8-6-7-17(15-18)26(31)32)29-27(33)34-16-23-21-11-4-2-9-19(21)20-10-3-5-12-22(20)23/h2-5,9-12,17-18,23-24H,6-8,13-16H2,1H3,(H,28,30)(H,29,33)(H,31,32)/t17-,18+,24+/m0/s1. The van der Waals surface area contributed by atoms with Crippen molar-refractivity contribution in [1.29, 1.82) is 0 Å². The van der Waals surface area contributed by atoms with E-state index < -0.39 is 24.0 Å². The summed E-state index contributed by atoms with van der Waals surface area (Å²) in [7, 11) is 0. The minimum atomic E-state index is -0.820. The van der Waals surface area contributed by atoms with Crippen molar-refractivity contribution in [3.63, 3.8) is 0 Å². The average Bonchev–Trinajstić information content (AvgIpc) is 3.19. The first kappa shape index (κ1) is 25.1. The second kappa shape index (κ2) is 11.6. The average molecular weight is 497 g/mol. The molecule has 1 saturated carbocycles. The second-order valence-electron chi connectivity index (χ2n) is 9.21. The smallest absolute Gasteiger partial charge is 0.407 e. The third-order valence-corrected chi connectivity index (χ3v) is 7.58. The van der Waals surface area contributed by atoms with Gasteiger partial charge < -0.3 is 20.5 Å². The lowest BCUT2D eigenvalue weighted by Gasteiger charge is -2.29. The zero-order valence-corrected chi connectivity index (χ0v) is 20.7. The minimum absolute atomic E-state index is 0.0539. The van der Waals surface area contributed by atoms with Crippen LogP contribution in [0.3, 0.4) is 0 Å². The number of carboxylic acids is 1. The van der Waals surface area contributed by atoms with Gasteiger partial charge in [0.05, 0.1) is 5.92 Å². The number of carbonyl (C=O) groups excluding carboxylic acids is 2. The number of amides is 2. The third-order valence-electron chi connectivity index (χ3n) is 6.93. The Bertz CT molecular complexity index is 1030. The molecule has 0 radical (unpaired) electrons. The van der Waals surface area contributed by atoms with Crippen molar-refractivity contribution in [2.45, 2.75) is 50.1 Å². The number of thioether (sulfide) groups is 1. The number of carboxylic acid groups (broad SMARTS) is 1. The molecular formula is C27H32N2O5S. The van der Waals surface area contributed by atoms with Crippen molar-refractivity contribution >= 4 is 29.7 Å². The van der Waals surface area contributed by atoms with E-state index in [4.69, 9.17) is 4.74 Å². The maximum absolute atomic E-state index is 13.0. The Kier molecular flexibility index (Phi) is 8.33. The fourth-order valence-corrected chi connectivity index (χ4v) is 5.61. The van der Waals surface area contributed by atoms with Crippen LogP contribution >= 0.6 is 11.8 Å². The van der Waals surface area contributed by atoms with Gasteiger partial charge in [-0.05, 0) is 59.9 Å². The predicted octanol–water partition coefficient (Wildman–Crippen LogP) is 4.41. The van der Waals surface area contributed by atoms with E-state index in [9.17, 15) is 19.5 Å². The molecule has 2 aromatic carbocycles. The maximum Gasteiger partial charge on any atom is 0.407 e. The normalized spacial score (nSPS) is 19.8. The topological polar surface area (TPSA) is 105 Å². The summed E-state index contributed by atoms with van der Waals surface area (Å²) in [6.45, 7) is 0.180. The van der Waals surface area contributed by atoms with Crippen LogP contribution in [0.15, 0.2) is 48.5 Å². The van der Waals surface area contributed by atoms with Gasteiger partial charge in [0.15, 0.2) is 0 Å². The highest BCUT2D eigenvalue weighted by atomic mass is 32.2. The van der Waals surface area contributed by atoms with Crippen molar-refractivity contribution in [2.75, 3.05) is 18.6 Å². The molecule has 8 heteroatoms. The maximum atomic E-state index is 13.0. The Morgan fingerprint density at radius 1 is 1.06 bits per heavy atom. The molecule has 4 rings (SSSR count). The van der Waals surface area contributed by atoms with Crippen LogP contribution in [0.25, 0.3) is 11.1 Å². The van der Waals surface area contributed by atoms with E-state index in [2.05, 4.69) is 34.9 Å². The summed E-state index contributed by atoms with van der Waals surface area (Å²) in [6.07, 6.45) is 4.34. The van der Waals surface area contributed by atoms with Crippen molar-refractivity contribution in [3.8, 4) is 11.1 Å².